The summed E-state index contributed by atoms with van der Waals surface area (Å²) in [5, 5.41) is 24.3. The van der Waals surface area contributed by atoms with Crippen molar-refractivity contribution in [1.29, 1.82) is 0 Å². The van der Waals surface area contributed by atoms with E-state index in [2.05, 4.69) is 29.4 Å². The molecule has 3 heterocycles. The van der Waals surface area contributed by atoms with Crippen LogP contribution in [0.25, 0.3) is 0 Å². The maximum atomic E-state index is 13.5. The molecular formula is C19H31N5O3. The molecule has 1 amide bonds. The number of aliphatic hydroxyl groups is 1. The minimum Gasteiger partial charge on any atom is -0.391 e. The SMILES string of the molecule is CCN1N=C([C@@H]2C[C@@H](O)CN2C(=O)[C@H](c2cc(C)no2)C(C)C)NC1(C)C. The molecule has 2 N–H and O–H groups in total. The molecule has 3 rings (SSSR count). The Labute approximate surface area is 160 Å². The first-order chi connectivity index (χ1) is 12.6. The summed E-state index contributed by atoms with van der Waals surface area (Å²) < 4.78 is 5.41. The van der Waals surface area contributed by atoms with Crippen molar-refractivity contribution in [1.82, 2.24) is 20.4 Å². The van der Waals surface area contributed by atoms with E-state index in [0.29, 0.717) is 18.7 Å². The van der Waals surface area contributed by atoms with Crippen LogP contribution < -0.4 is 5.32 Å². The Balaban J connectivity index is 1.88. The number of hydrogen-bond donors (Lipinski definition) is 2. The fourth-order valence-electron chi connectivity index (χ4n) is 4.03. The molecule has 1 aromatic heterocycles. The average Bonchev–Trinajstić information content (AvgIpc) is 3.24. The number of rotatable bonds is 5. The van der Waals surface area contributed by atoms with E-state index in [0.717, 1.165) is 18.1 Å². The van der Waals surface area contributed by atoms with Gasteiger partial charge in [0.05, 0.1) is 17.8 Å². The lowest BCUT2D eigenvalue weighted by Gasteiger charge is -2.31. The van der Waals surface area contributed by atoms with Gasteiger partial charge in [-0.15, -0.1) is 0 Å². The average molecular weight is 377 g/mol. The summed E-state index contributed by atoms with van der Waals surface area (Å²) >= 11 is 0. The van der Waals surface area contributed by atoms with E-state index in [4.69, 9.17) is 4.52 Å². The number of likely N-dealkylation sites (tertiary alicyclic amines) is 1. The van der Waals surface area contributed by atoms with Crippen LogP contribution in [0, 0.1) is 12.8 Å². The van der Waals surface area contributed by atoms with Gasteiger partial charge in [0.15, 0.2) is 0 Å². The third-order valence-electron chi connectivity index (χ3n) is 5.37. The topological polar surface area (TPSA) is 94.2 Å². The molecular weight excluding hydrogens is 346 g/mol. The molecule has 2 aliphatic rings. The van der Waals surface area contributed by atoms with E-state index in [9.17, 15) is 9.90 Å². The number of carbonyl (C=O) groups is 1. The van der Waals surface area contributed by atoms with Crippen molar-refractivity contribution >= 4 is 11.7 Å². The van der Waals surface area contributed by atoms with Gasteiger partial charge in [-0.25, -0.2) is 0 Å². The summed E-state index contributed by atoms with van der Waals surface area (Å²) in [5.74, 6) is 0.869. The largest absolute Gasteiger partial charge is 0.391 e. The highest BCUT2D eigenvalue weighted by Crippen LogP contribution is 2.32. The molecule has 0 aromatic carbocycles. The van der Waals surface area contributed by atoms with E-state index < -0.39 is 12.0 Å². The van der Waals surface area contributed by atoms with Gasteiger partial charge in [-0.2, -0.15) is 5.10 Å². The molecule has 0 saturated carbocycles. The standard InChI is InChI=1S/C19H31N5O3/c1-7-24-19(5,6)20-17(21-24)14-9-13(25)10-23(14)18(26)16(11(2)3)15-8-12(4)22-27-15/h8,11,13-14,16,25H,7,9-10H2,1-6H3,(H,20,21)/t13-,14+,16+/m1/s1. The summed E-state index contributed by atoms with van der Waals surface area (Å²) in [6, 6.07) is 1.55. The zero-order chi connectivity index (χ0) is 19.9. The summed E-state index contributed by atoms with van der Waals surface area (Å²) in [4.78, 5) is 15.2. The number of nitrogens with zero attached hydrogens (tertiary/aromatic N) is 4. The predicted octanol–water partition coefficient (Wildman–Crippen LogP) is 1.66. The van der Waals surface area contributed by atoms with Gasteiger partial charge in [0.2, 0.25) is 5.91 Å². The van der Waals surface area contributed by atoms with Crippen molar-refractivity contribution in [3.63, 3.8) is 0 Å². The van der Waals surface area contributed by atoms with E-state index in [1.807, 2.05) is 38.8 Å². The number of carbonyl (C=O) groups excluding carboxylic acids is 1. The zero-order valence-electron chi connectivity index (χ0n) is 17.1. The Morgan fingerprint density at radius 1 is 1.48 bits per heavy atom. The molecule has 8 nitrogen and oxygen atoms in total. The summed E-state index contributed by atoms with van der Waals surface area (Å²) in [6.07, 6.45) is -0.0858. The third kappa shape index (κ3) is 3.67. The molecule has 27 heavy (non-hydrogen) atoms. The van der Waals surface area contributed by atoms with Gasteiger partial charge in [0.25, 0.3) is 0 Å². The monoisotopic (exact) mass is 377 g/mol. The molecule has 0 aliphatic carbocycles. The van der Waals surface area contributed by atoms with Crippen LogP contribution in [-0.2, 0) is 4.79 Å². The molecule has 0 radical (unpaired) electrons. The first kappa shape index (κ1) is 19.7. The van der Waals surface area contributed by atoms with Crippen molar-refractivity contribution in [2.75, 3.05) is 13.1 Å². The number of nitrogens with one attached hydrogen (secondary N) is 1. The lowest BCUT2D eigenvalue weighted by atomic mass is 9.91. The summed E-state index contributed by atoms with van der Waals surface area (Å²) in [6.45, 7) is 13.0. The second-order valence-electron chi connectivity index (χ2n) is 8.37. The number of amidine groups is 1. The number of β-amino-alcohol motifs (C(OH)–C–C–N with tert-alkyl or cyclic N) is 1. The van der Waals surface area contributed by atoms with Crippen LogP contribution in [-0.4, -0.2) is 62.8 Å². The molecule has 1 saturated heterocycles. The minimum atomic E-state index is -0.563. The van der Waals surface area contributed by atoms with Crippen LogP contribution in [0.1, 0.15) is 58.4 Å². The Kier molecular flexibility index (Phi) is 5.20. The van der Waals surface area contributed by atoms with E-state index in [1.165, 1.54) is 0 Å². The van der Waals surface area contributed by atoms with E-state index in [1.54, 1.807) is 4.90 Å². The van der Waals surface area contributed by atoms with Gasteiger partial charge in [-0.1, -0.05) is 19.0 Å². The molecule has 0 unspecified atom stereocenters. The molecule has 8 heteroatoms. The maximum Gasteiger partial charge on any atom is 0.234 e. The van der Waals surface area contributed by atoms with Crippen molar-refractivity contribution < 1.29 is 14.4 Å². The quantitative estimate of drug-likeness (QED) is 0.810. The molecule has 2 aliphatic heterocycles. The van der Waals surface area contributed by atoms with E-state index in [-0.39, 0.29) is 23.5 Å². The lowest BCUT2D eigenvalue weighted by Crippen LogP contribution is -2.52. The van der Waals surface area contributed by atoms with Gasteiger partial charge in [0.1, 0.15) is 23.2 Å². The Morgan fingerprint density at radius 3 is 2.70 bits per heavy atom. The number of amides is 1. The van der Waals surface area contributed by atoms with Crippen LogP contribution in [0.2, 0.25) is 0 Å². The van der Waals surface area contributed by atoms with Crippen molar-refractivity contribution in [2.24, 2.45) is 11.0 Å². The van der Waals surface area contributed by atoms with Crippen LogP contribution in [0.4, 0.5) is 0 Å². The summed E-state index contributed by atoms with van der Waals surface area (Å²) in [7, 11) is 0. The molecule has 1 fully saturated rings. The Morgan fingerprint density at radius 2 is 2.19 bits per heavy atom. The number of hydrogen-bond acceptors (Lipinski definition) is 7. The van der Waals surface area contributed by atoms with Gasteiger partial charge >= 0.3 is 0 Å². The normalized spacial score (nSPS) is 25.7. The van der Waals surface area contributed by atoms with Crippen LogP contribution in [0.15, 0.2) is 15.7 Å². The highest BCUT2D eigenvalue weighted by Gasteiger charge is 2.45. The van der Waals surface area contributed by atoms with Gasteiger partial charge in [0, 0.05) is 25.6 Å². The number of aromatic nitrogens is 1. The summed E-state index contributed by atoms with van der Waals surface area (Å²) in [5.41, 5.74) is 0.440. The fraction of sp³-hybridized carbons (Fsp3) is 0.737. The maximum absolute atomic E-state index is 13.5. The van der Waals surface area contributed by atoms with Crippen molar-refractivity contribution in [3.8, 4) is 0 Å². The zero-order valence-corrected chi connectivity index (χ0v) is 17.1. The van der Waals surface area contributed by atoms with Crippen LogP contribution >= 0.6 is 0 Å². The second-order valence-corrected chi connectivity index (χ2v) is 8.37. The Hall–Kier alpha value is -2.09. The van der Waals surface area contributed by atoms with E-state index >= 15 is 0 Å². The highest BCUT2D eigenvalue weighted by atomic mass is 16.5. The molecule has 150 valence electrons. The Bertz CT molecular complexity index is 727. The van der Waals surface area contributed by atoms with Crippen molar-refractivity contribution in [2.45, 2.75) is 71.7 Å². The van der Waals surface area contributed by atoms with Gasteiger partial charge in [-0.05, 0) is 33.6 Å². The third-order valence-corrected chi connectivity index (χ3v) is 5.37. The van der Waals surface area contributed by atoms with Gasteiger partial charge in [-0.3, -0.25) is 9.80 Å². The van der Waals surface area contributed by atoms with Crippen LogP contribution in [0.3, 0.4) is 0 Å². The number of aryl methyl sites for hydroxylation is 1. The minimum absolute atomic E-state index is 0.0466. The number of aliphatic hydroxyl groups excluding tert-OH is 1. The van der Waals surface area contributed by atoms with Gasteiger partial charge < -0.3 is 19.8 Å². The second kappa shape index (κ2) is 7.14. The van der Waals surface area contributed by atoms with Crippen molar-refractivity contribution in [3.05, 3.63) is 17.5 Å². The smallest absolute Gasteiger partial charge is 0.234 e. The lowest BCUT2D eigenvalue weighted by molar-refractivity contribution is -0.134. The highest BCUT2D eigenvalue weighted by molar-refractivity contribution is 5.95. The first-order valence-corrected chi connectivity index (χ1v) is 9.70. The first-order valence-electron chi connectivity index (χ1n) is 9.70. The fourth-order valence-corrected chi connectivity index (χ4v) is 4.03. The molecule has 0 bridgehead atoms. The molecule has 0 spiro atoms. The number of hydrazone groups is 1. The molecule has 1 aromatic rings. The molecule has 3 atom stereocenters. The van der Waals surface area contributed by atoms with Crippen LogP contribution in [0.5, 0.6) is 0 Å². The predicted molar refractivity (Wildman–Crippen MR) is 102 cm³/mol.